The number of halogens is 1. The van der Waals surface area contributed by atoms with E-state index in [-0.39, 0.29) is 24.0 Å². The quantitative estimate of drug-likeness (QED) is 0.341. The van der Waals surface area contributed by atoms with Crippen molar-refractivity contribution in [3.63, 3.8) is 0 Å². The number of thiazole rings is 1. The third-order valence-electron chi connectivity index (χ3n) is 5.05. The number of aliphatic imine (C=N–C) groups is 1. The number of piperazine rings is 1. The summed E-state index contributed by atoms with van der Waals surface area (Å²) in [5, 5.41) is 7.81. The minimum Gasteiger partial charge on any atom is -0.354 e. The minimum atomic E-state index is 0. The van der Waals surface area contributed by atoms with Crippen molar-refractivity contribution >= 4 is 47.1 Å². The molecule has 0 bridgehead atoms. The van der Waals surface area contributed by atoms with E-state index in [4.69, 9.17) is 0 Å². The van der Waals surface area contributed by atoms with Crippen LogP contribution in [-0.4, -0.2) is 60.6 Å². The molecule has 0 spiro atoms. The van der Waals surface area contributed by atoms with Gasteiger partial charge in [0.25, 0.3) is 0 Å². The molecular weight excluding hydrogens is 497 g/mol. The Bertz CT molecular complexity index is 783. The van der Waals surface area contributed by atoms with Crippen LogP contribution < -0.4 is 15.5 Å². The van der Waals surface area contributed by atoms with Crippen molar-refractivity contribution in [3.05, 3.63) is 39.5 Å². The van der Waals surface area contributed by atoms with Crippen LogP contribution in [0.1, 0.15) is 28.1 Å². The summed E-state index contributed by atoms with van der Waals surface area (Å²) in [7, 11) is 1.79. The van der Waals surface area contributed by atoms with Crippen LogP contribution >= 0.6 is 35.3 Å². The molecule has 0 radical (unpaired) electrons. The van der Waals surface area contributed by atoms with Gasteiger partial charge in [-0.1, -0.05) is 13.0 Å². The van der Waals surface area contributed by atoms with Gasteiger partial charge in [0, 0.05) is 50.8 Å². The molecule has 29 heavy (non-hydrogen) atoms. The molecule has 1 fully saturated rings. The van der Waals surface area contributed by atoms with Crippen molar-refractivity contribution in [2.45, 2.75) is 33.9 Å². The zero-order valence-corrected chi connectivity index (χ0v) is 20.9. The second-order valence-corrected chi connectivity index (χ2v) is 8.25. The molecule has 9 heteroatoms. The van der Waals surface area contributed by atoms with Crippen molar-refractivity contribution in [1.29, 1.82) is 0 Å². The van der Waals surface area contributed by atoms with Gasteiger partial charge in [-0.05, 0) is 32.0 Å². The number of nitrogens with one attached hydrogen (secondary N) is 2. The monoisotopic (exact) mass is 529 g/mol. The SMILES string of the molecule is CCN1CCN(c2ccc(CNC(=NC)NCc3sc(C)nc3C)cn2)CC1.I. The summed E-state index contributed by atoms with van der Waals surface area (Å²) >= 11 is 1.72. The van der Waals surface area contributed by atoms with Gasteiger partial charge in [-0.15, -0.1) is 35.3 Å². The van der Waals surface area contributed by atoms with Crippen LogP contribution in [0.15, 0.2) is 23.3 Å². The van der Waals surface area contributed by atoms with Crippen LogP contribution in [-0.2, 0) is 13.1 Å². The molecule has 1 saturated heterocycles. The Morgan fingerprint density at radius 3 is 2.41 bits per heavy atom. The molecule has 0 atom stereocenters. The van der Waals surface area contributed by atoms with Crippen LogP contribution in [0.25, 0.3) is 0 Å². The highest BCUT2D eigenvalue weighted by atomic mass is 127. The van der Waals surface area contributed by atoms with Crippen LogP contribution in [0.4, 0.5) is 5.82 Å². The van der Waals surface area contributed by atoms with Crippen molar-refractivity contribution in [1.82, 2.24) is 25.5 Å². The summed E-state index contributed by atoms with van der Waals surface area (Å²) < 4.78 is 0. The second-order valence-electron chi connectivity index (χ2n) is 6.97. The van der Waals surface area contributed by atoms with Gasteiger partial charge in [-0.3, -0.25) is 4.99 Å². The average molecular weight is 529 g/mol. The number of aryl methyl sites for hydroxylation is 2. The molecule has 2 N–H and O–H groups in total. The fraction of sp³-hybridized carbons (Fsp3) is 0.550. The molecule has 3 rings (SSSR count). The Morgan fingerprint density at radius 1 is 1.14 bits per heavy atom. The lowest BCUT2D eigenvalue weighted by Crippen LogP contribution is -2.46. The molecule has 2 aromatic rings. The number of rotatable bonds is 6. The molecule has 0 unspecified atom stereocenters. The average Bonchev–Trinajstić information content (AvgIpc) is 3.05. The lowest BCUT2D eigenvalue weighted by molar-refractivity contribution is 0.270. The lowest BCUT2D eigenvalue weighted by Gasteiger charge is -2.34. The second kappa shape index (κ2) is 11.7. The van der Waals surface area contributed by atoms with Gasteiger partial charge in [-0.25, -0.2) is 9.97 Å². The van der Waals surface area contributed by atoms with Gasteiger partial charge in [0.15, 0.2) is 5.96 Å². The number of nitrogens with zero attached hydrogens (tertiary/aromatic N) is 5. The van der Waals surface area contributed by atoms with E-state index in [1.807, 2.05) is 20.0 Å². The van der Waals surface area contributed by atoms with E-state index in [9.17, 15) is 0 Å². The number of guanidine groups is 1. The minimum absolute atomic E-state index is 0. The van der Waals surface area contributed by atoms with Gasteiger partial charge in [0.05, 0.1) is 17.2 Å². The first kappa shape index (κ1) is 23.8. The summed E-state index contributed by atoms with van der Waals surface area (Å²) in [6.45, 7) is 13.2. The van der Waals surface area contributed by atoms with E-state index < -0.39 is 0 Å². The predicted octanol–water partition coefficient (Wildman–Crippen LogP) is 2.78. The maximum absolute atomic E-state index is 4.67. The highest BCUT2D eigenvalue weighted by molar-refractivity contribution is 14.0. The Balaban J connectivity index is 0.00000300. The third kappa shape index (κ3) is 6.78. The predicted molar refractivity (Wildman–Crippen MR) is 133 cm³/mol. The van der Waals surface area contributed by atoms with Gasteiger partial charge in [0.2, 0.25) is 0 Å². The summed E-state index contributed by atoms with van der Waals surface area (Å²) in [6, 6.07) is 4.27. The molecule has 0 aromatic carbocycles. The van der Waals surface area contributed by atoms with Crippen molar-refractivity contribution in [2.75, 3.05) is 44.7 Å². The first-order valence-electron chi connectivity index (χ1n) is 9.88. The molecule has 1 aliphatic heterocycles. The number of likely N-dealkylation sites (N-methyl/N-ethyl adjacent to an activating group) is 1. The Morgan fingerprint density at radius 2 is 1.86 bits per heavy atom. The fourth-order valence-electron chi connectivity index (χ4n) is 3.31. The number of pyridine rings is 1. The standard InChI is InChI=1S/C20H31N7S.HI/c1-5-26-8-10-27(11-9-26)19-7-6-17(12-22-19)13-23-20(21-4)24-14-18-15(2)25-16(3)28-18;/h6-7,12H,5,8-11,13-14H2,1-4H3,(H2,21,23,24);1H. The number of aromatic nitrogens is 2. The maximum Gasteiger partial charge on any atom is 0.191 e. The summed E-state index contributed by atoms with van der Waals surface area (Å²) in [5.41, 5.74) is 2.23. The smallest absolute Gasteiger partial charge is 0.191 e. The fourth-order valence-corrected chi connectivity index (χ4v) is 4.19. The molecular formula is C20H32IN7S. The Labute approximate surface area is 195 Å². The van der Waals surface area contributed by atoms with E-state index >= 15 is 0 Å². The lowest BCUT2D eigenvalue weighted by atomic mass is 10.2. The van der Waals surface area contributed by atoms with Crippen molar-refractivity contribution in [2.24, 2.45) is 4.99 Å². The van der Waals surface area contributed by atoms with Crippen molar-refractivity contribution in [3.8, 4) is 0 Å². The maximum atomic E-state index is 4.67. The summed E-state index contributed by atoms with van der Waals surface area (Å²) in [6.07, 6.45) is 1.96. The highest BCUT2D eigenvalue weighted by Crippen LogP contribution is 2.16. The van der Waals surface area contributed by atoms with Crippen LogP contribution in [0.2, 0.25) is 0 Å². The Hall–Kier alpha value is -1.46. The topological polar surface area (TPSA) is 68.7 Å². The first-order chi connectivity index (χ1) is 13.6. The van der Waals surface area contributed by atoms with E-state index in [1.165, 1.54) is 4.88 Å². The van der Waals surface area contributed by atoms with E-state index in [0.29, 0.717) is 6.54 Å². The van der Waals surface area contributed by atoms with E-state index in [2.05, 4.69) is 54.5 Å². The number of hydrogen-bond donors (Lipinski definition) is 2. The number of hydrogen-bond acceptors (Lipinski definition) is 6. The highest BCUT2D eigenvalue weighted by Gasteiger charge is 2.16. The van der Waals surface area contributed by atoms with Gasteiger partial charge in [-0.2, -0.15) is 0 Å². The molecule has 1 aliphatic rings. The molecule has 160 valence electrons. The Kier molecular flexibility index (Phi) is 9.57. The largest absolute Gasteiger partial charge is 0.354 e. The molecule has 0 saturated carbocycles. The van der Waals surface area contributed by atoms with Gasteiger partial charge in [0.1, 0.15) is 5.82 Å². The first-order valence-corrected chi connectivity index (χ1v) is 10.7. The van der Waals surface area contributed by atoms with Crippen LogP contribution in [0.3, 0.4) is 0 Å². The molecule has 0 aliphatic carbocycles. The van der Waals surface area contributed by atoms with Crippen molar-refractivity contribution < 1.29 is 0 Å². The summed E-state index contributed by atoms with van der Waals surface area (Å²) in [4.78, 5) is 19.5. The van der Waals surface area contributed by atoms with E-state index in [0.717, 1.165) is 67.3 Å². The van der Waals surface area contributed by atoms with Crippen LogP contribution in [0.5, 0.6) is 0 Å². The molecule has 0 amide bonds. The number of anilines is 1. The normalized spacial score (nSPS) is 15.2. The van der Waals surface area contributed by atoms with E-state index in [1.54, 1.807) is 18.4 Å². The molecule has 7 nitrogen and oxygen atoms in total. The summed E-state index contributed by atoms with van der Waals surface area (Å²) in [5.74, 6) is 1.85. The zero-order chi connectivity index (χ0) is 19.9. The molecule has 2 aromatic heterocycles. The zero-order valence-electron chi connectivity index (χ0n) is 17.7. The van der Waals surface area contributed by atoms with Crippen LogP contribution in [0, 0.1) is 13.8 Å². The molecule has 3 heterocycles. The van der Waals surface area contributed by atoms with Gasteiger partial charge < -0.3 is 20.4 Å². The van der Waals surface area contributed by atoms with Gasteiger partial charge >= 0.3 is 0 Å². The third-order valence-corrected chi connectivity index (χ3v) is 6.13.